The van der Waals surface area contributed by atoms with E-state index in [9.17, 15) is 13.2 Å². The molecule has 0 aliphatic heterocycles. The zero-order valence-corrected chi connectivity index (χ0v) is 12.1. The third-order valence-electron chi connectivity index (χ3n) is 2.30. The van der Waals surface area contributed by atoms with Gasteiger partial charge < -0.3 is 8.85 Å². The largest absolute Gasteiger partial charge is 0.423 e. The Kier molecular flexibility index (Phi) is 6.54. The molecule has 6 heteroatoms. The molecule has 0 unspecified atom stereocenters. The first-order chi connectivity index (χ1) is 8.99. The molecule has 1 rings (SSSR count). The van der Waals surface area contributed by atoms with Crippen LogP contribution in [0, 0.1) is 0 Å². The Morgan fingerprint density at radius 3 is 2.11 bits per heavy atom. The normalized spacial score (nSPS) is 12.1. The highest BCUT2D eigenvalue weighted by atomic mass is 28.3. The second-order valence-electron chi connectivity index (χ2n) is 4.06. The van der Waals surface area contributed by atoms with E-state index in [-0.39, 0.29) is 0 Å². The van der Waals surface area contributed by atoms with Gasteiger partial charge in [0, 0.05) is 13.2 Å². The van der Waals surface area contributed by atoms with E-state index in [1.54, 1.807) is 6.07 Å². The van der Waals surface area contributed by atoms with Crippen LogP contribution in [0.4, 0.5) is 13.2 Å². The molecule has 0 aliphatic carbocycles. The summed E-state index contributed by atoms with van der Waals surface area (Å²) in [7, 11) is -1.83. The maximum Gasteiger partial charge on any atom is 0.423 e. The van der Waals surface area contributed by atoms with Gasteiger partial charge in [0.05, 0.1) is 5.56 Å². The minimum atomic E-state index is -4.33. The second kappa shape index (κ2) is 7.67. The lowest BCUT2D eigenvalue weighted by Gasteiger charge is -2.16. The predicted octanol–water partition coefficient (Wildman–Crippen LogP) is 3.25. The van der Waals surface area contributed by atoms with Gasteiger partial charge in [-0.1, -0.05) is 32.0 Å². The van der Waals surface area contributed by atoms with Crippen LogP contribution in [0.1, 0.15) is 32.3 Å². The zero-order chi connectivity index (χ0) is 14.3. The Morgan fingerprint density at radius 2 is 1.63 bits per heavy atom. The van der Waals surface area contributed by atoms with Gasteiger partial charge in [0.15, 0.2) is 0 Å². The van der Waals surface area contributed by atoms with Gasteiger partial charge in [0.1, 0.15) is 0 Å². The van der Waals surface area contributed by atoms with Gasteiger partial charge in [-0.2, -0.15) is 13.2 Å². The zero-order valence-electron chi connectivity index (χ0n) is 11.1. The Hall–Kier alpha value is -0.853. The maximum absolute atomic E-state index is 12.7. The molecule has 0 amide bonds. The smallest absolute Gasteiger partial charge is 0.390 e. The molecule has 19 heavy (non-hydrogen) atoms. The van der Waals surface area contributed by atoms with Crippen LogP contribution in [0.25, 0.3) is 0 Å². The van der Waals surface area contributed by atoms with Gasteiger partial charge in [-0.05, 0) is 24.1 Å². The van der Waals surface area contributed by atoms with Crippen molar-refractivity contribution in [3.8, 4) is 0 Å². The Morgan fingerprint density at radius 1 is 1.05 bits per heavy atom. The molecule has 0 N–H and O–H groups in total. The summed E-state index contributed by atoms with van der Waals surface area (Å²) in [6, 6.07) is 5.21. The van der Waals surface area contributed by atoms with Gasteiger partial charge >= 0.3 is 15.5 Å². The molecule has 0 aromatic heterocycles. The van der Waals surface area contributed by atoms with E-state index in [2.05, 4.69) is 0 Å². The number of halogens is 3. The number of alkyl halides is 3. The molecule has 0 spiro atoms. The Labute approximate surface area is 113 Å². The molecule has 0 saturated heterocycles. The van der Waals surface area contributed by atoms with Crippen LogP contribution in [0.15, 0.2) is 24.3 Å². The molecule has 0 aliphatic rings. The third kappa shape index (κ3) is 5.34. The summed E-state index contributed by atoms with van der Waals surface area (Å²) in [5.74, 6) is 0. The molecule has 0 heterocycles. The summed E-state index contributed by atoms with van der Waals surface area (Å²) in [4.78, 5) is 0. The monoisotopic (exact) mass is 291 g/mol. The summed E-state index contributed by atoms with van der Waals surface area (Å²) in [5.41, 5.74) is -0.660. The summed E-state index contributed by atoms with van der Waals surface area (Å²) >= 11 is 0. The topological polar surface area (TPSA) is 18.5 Å². The fraction of sp³-hybridized carbons (Fsp3) is 0.538. The van der Waals surface area contributed by atoms with Crippen LogP contribution in [0.5, 0.6) is 0 Å². The first kappa shape index (κ1) is 16.2. The van der Waals surface area contributed by atoms with Crippen molar-refractivity contribution in [2.24, 2.45) is 0 Å². The van der Waals surface area contributed by atoms with Gasteiger partial charge in [-0.25, -0.2) is 0 Å². The first-order valence-electron chi connectivity index (χ1n) is 6.29. The van der Waals surface area contributed by atoms with Crippen molar-refractivity contribution in [3.63, 3.8) is 0 Å². The SMILES string of the molecule is CCCO[Si](OCCC)c1cccc(C(F)(F)F)c1. The predicted molar refractivity (Wildman–Crippen MR) is 69.3 cm³/mol. The van der Waals surface area contributed by atoms with Crippen LogP contribution >= 0.6 is 0 Å². The summed E-state index contributed by atoms with van der Waals surface area (Å²) in [5, 5.41) is 0.502. The average Bonchev–Trinajstić information content (AvgIpc) is 2.38. The number of hydrogen-bond acceptors (Lipinski definition) is 2. The van der Waals surface area contributed by atoms with Crippen LogP contribution in [-0.4, -0.2) is 22.5 Å². The molecule has 0 saturated carbocycles. The first-order valence-corrected chi connectivity index (χ1v) is 7.60. The van der Waals surface area contributed by atoms with Crippen LogP contribution in [-0.2, 0) is 15.0 Å². The highest BCUT2D eigenvalue weighted by molar-refractivity contribution is 6.61. The third-order valence-corrected chi connectivity index (χ3v) is 4.02. The fourth-order valence-electron chi connectivity index (χ4n) is 1.42. The van der Waals surface area contributed by atoms with E-state index >= 15 is 0 Å². The Balaban J connectivity index is 2.88. The van der Waals surface area contributed by atoms with Crippen molar-refractivity contribution in [1.29, 1.82) is 0 Å². The van der Waals surface area contributed by atoms with E-state index in [0.29, 0.717) is 18.4 Å². The molecule has 107 valence electrons. The minimum Gasteiger partial charge on any atom is -0.390 e. The lowest BCUT2D eigenvalue weighted by molar-refractivity contribution is -0.137. The number of hydrogen-bond donors (Lipinski definition) is 0. The lowest BCUT2D eigenvalue weighted by Crippen LogP contribution is -2.38. The maximum atomic E-state index is 12.7. The fourth-order valence-corrected chi connectivity index (χ4v) is 3.12. The molecule has 0 fully saturated rings. The molecule has 0 bridgehead atoms. The van der Waals surface area contributed by atoms with Gasteiger partial charge in [-0.3, -0.25) is 0 Å². The van der Waals surface area contributed by atoms with Crippen molar-refractivity contribution < 1.29 is 22.0 Å². The van der Waals surface area contributed by atoms with E-state index in [1.807, 2.05) is 13.8 Å². The molecule has 1 aromatic carbocycles. The molecular weight excluding hydrogens is 273 g/mol. The van der Waals surface area contributed by atoms with Crippen LogP contribution in [0.2, 0.25) is 0 Å². The summed E-state index contributed by atoms with van der Waals surface area (Å²) < 4.78 is 49.1. The van der Waals surface area contributed by atoms with E-state index < -0.39 is 21.0 Å². The van der Waals surface area contributed by atoms with Crippen molar-refractivity contribution >= 4 is 14.5 Å². The molecule has 1 aromatic rings. The van der Waals surface area contributed by atoms with Crippen LogP contribution < -0.4 is 5.19 Å². The highest BCUT2D eigenvalue weighted by Crippen LogP contribution is 2.28. The molecule has 1 radical (unpaired) electrons. The van der Waals surface area contributed by atoms with Crippen molar-refractivity contribution in [1.82, 2.24) is 0 Å². The van der Waals surface area contributed by atoms with Crippen molar-refractivity contribution in [3.05, 3.63) is 29.8 Å². The quantitative estimate of drug-likeness (QED) is 0.718. The van der Waals surface area contributed by atoms with E-state index in [1.165, 1.54) is 6.07 Å². The van der Waals surface area contributed by atoms with Gasteiger partial charge in [-0.15, -0.1) is 0 Å². The number of benzene rings is 1. The summed E-state index contributed by atoms with van der Waals surface area (Å²) in [6.45, 7) is 4.89. The lowest BCUT2D eigenvalue weighted by atomic mass is 10.2. The second-order valence-corrected chi connectivity index (χ2v) is 5.79. The summed E-state index contributed by atoms with van der Waals surface area (Å²) in [6.07, 6.45) is -2.72. The van der Waals surface area contributed by atoms with E-state index in [0.717, 1.165) is 25.0 Å². The number of rotatable bonds is 7. The van der Waals surface area contributed by atoms with Gasteiger partial charge in [0.2, 0.25) is 0 Å². The van der Waals surface area contributed by atoms with Crippen molar-refractivity contribution in [2.45, 2.75) is 32.9 Å². The van der Waals surface area contributed by atoms with Crippen molar-refractivity contribution in [2.75, 3.05) is 13.2 Å². The van der Waals surface area contributed by atoms with Crippen LogP contribution in [0.3, 0.4) is 0 Å². The standard InChI is InChI=1S/C13H18F3O2Si/c1-3-8-17-19(18-9-4-2)12-7-5-6-11(10-12)13(14,15)16/h5-7,10H,3-4,8-9H2,1-2H3. The van der Waals surface area contributed by atoms with E-state index in [4.69, 9.17) is 8.85 Å². The highest BCUT2D eigenvalue weighted by Gasteiger charge is 2.32. The molecule has 0 atom stereocenters. The molecule has 2 nitrogen and oxygen atoms in total. The molecular formula is C13H18F3O2Si. The Bertz CT molecular complexity index is 374. The van der Waals surface area contributed by atoms with Gasteiger partial charge in [0.25, 0.3) is 0 Å². The minimum absolute atomic E-state index is 0.494. The average molecular weight is 291 g/mol.